The summed E-state index contributed by atoms with van der Waals surface area (Å²) < 4.78 is 6.54. The van der Waals surface area contributed by atoms with E-state index in [0.29, 0.717) is 35.1 Å². The molecule has 0 unspecified atom stereocenters. The molecule has 5 aliphatic rings. The van der Waals surface area contributed by atoms with Crippen molar-refractivity contribution >= 4 is 5.78 Å². The lowest BCUT2D eigenvalue weighted by Crippen LogP contribution is -2.53. The van der Waals surface area contributed by atoms with E-state index in [0.717, 1.165) is 19.3 Å². The summed E-state index contributed by atoms with van der Waals surface area (Å²) in [6, 6.07) is 0. The van der Waals surface area contributed by atoms with Crippen LogP contribution in [0.5, 0.6) is 0 Å². The van der Waals surface area contributed by atoms with Crippen molar-refractivity contribution in [2.45, 2.75) is 118 Å². The van der Waals surface area contributed by atoms with E-state index in [1.54, 1.807) is 11.1 Å². The average Bonchev–Trinajstić information content (AvgIpc) is 3.21. The molecule has 1 aliphatic heterocycles. The van der Waals surface area contributed by atoms with Crippen LogP contribution < -0.4 is 0 Å². The van der Waals surface area contributed by atoms with E-state index in [4.69, 9.17) is 4.74 Å². The van der Waals surface area contributed by atoms with E-state index in [1.165, 1.54) is 32.1 Å². The Balaban J connectivity index is 1.50. The molecule has 0 amide bonds. The molecule has 3 fully saturated rings. The summed E-state index contributed by atoms with van der Waals surface area (Å²) in [6.45, 7) is 19.1. The molecule has 0 aromatic carbocycles. The maximum Gasteiger partial charge on any atom is 0.138 e. The molecule has 2 saturated carbocycles. The Bertz CT molecular complexity index is 891. The molecular formula is C30H46O2. The van der Waals surface area contributed by atoms with E-state index >= 15 is 0 Å². The van der Waals surface area contributed by atoms with E-state index in [2.05, 4.69) is 67.5 Å². The Morgan fingerprint density at radius 1 is 0.938 bits per heavy atom. The fourth-order valence-corrected chi connectivity index (χ4v) is 9.34. The zero-order valence-electron chi connectivity index (χ0n) is 21.9. The summed E-state index contributed by atoms with van der Waals surface area (Å²) in [5.74, 6) is 2.22. The number of fused-ring (bicyclic) bond motifs is 5. The van der Waals surface area contributed by atoms with Crippen LogP contribution >= 0.6 is 0 Å². The van der Waals surface area contributed by atoms with Crippen LogP contribution in [0.15, 0.2) is 23.3 Å². The van der Waals surface area contributed by atoms with Crippen LogP contribution in [0.25, 0.3) is 0 Å². The highest BCUT2D eigenvalue weighted by Gasteiger charge is 2.63. The monoisotopic (exact) mass is 438 g/mol. The van der Waals surface area contributed by atoms with Gasteiger partial charge in [0.15, 0.2) is 0 Å². The molecule has 32 heavy (non-hydrogen) atoms. The lowest BCUT2D eigenvalue weighted by molar-refractivity contribution is -0.138. The first-order valence-electron chi connectivity index (χ1n) is 13.4. The van der Waals surface area contributed by atoms with Gasteiger partial charge in [0.2, 0.25) is 0 Å². The number of hydrogen-bond donors (Lipinski definition) is 0. The van der Waals surface area contributed by atoms with Crippen LogP contribution in [0.3, 0.4) is 0 Å². The predicted octanol–water partition coefficient (Wildman–Crippen LogP) is 7.67. The Morgan fingerprint density at radius 3 is 2.31 bits per heavy atom. The molecule has 0 bridgehead atoms. The molecule has 178 valence electrons. The van der Waals surface area contributed by atoms with E-state index in [1.807, 2.05) is 0 Å². The molecule has 2 heteroatoms. The van der Waals surface area contributed by atoms with Crippen LogP contribution in [0.2, 0.25) is 0 Å². The van der Waals surface area contributed by atoms with Gasteiger partial charge in [0.25, 0.3) is 0 Å². The molecule has 0 radical (unpaired) electrons. The highest BCUT2D eigenvalue weighted by Crippen LogP contribution is 2.71. The van der Waals surface area contributed by atoms with Crippen LogP contribution in [0, 0.1) is 39.4 Å². The highest BCUT2D eigenvalue weighted by atomic mass is 16.5. The van der Waals surface area contributed by atoms with Gasteiger partial charge in [0, 0.05) is 11.8 Å². The third-order valence-corrected chi connectivity index (χ3v) is 11.8. The Kier molecular flexibility index (Phi) is 4.89. The molecule has 1 saturated heterocycles. The van der Waals surface area contributed by atoms with Gasteiger partial charge in [-0.1, -0.05) is 53.7 Å². The SMILES string of the molecule is C[C@H]([C@@H]1CCC(C)(C)O1)[C@H]1CC[C@@]2(C)C3=CC[C@H]4C(C)(C)C(=O)CC[C@]4(C)C3=CC[C@]12C. The van der Waals surface area contributed by atoms with Crippen molar-refractivity contribution in [3.05, 3.63) is 23.3 Å². The molecule has 1 heterocycles. The van der Waals surface area contributed by atoms with Gasteiger partial charge in [0.05, 0.1) is 11.7 Å². The third-order valence-electron chi connectivity index (χ3n) is 11.8. The van der Waals surface area contributed by atoms with E-state index in [-0.39, 0.29) is 21.8 Å². The molecule has 2 nitrogen and oxygen atoms in total. The minimum atomic E-state index is -0.211. The maximum absolute atomic E-state index is 12.8. The standard InChI is InChI=1S/C30H46O2/c1-19(23-13-15-26(2,3)32-23)20-11-17-30(8)22-9-10-24-27(4,5)25(31)14-16-28(24,6)21(22)12-18-29(20,30)7/h9,12,19-20,23-24H,10-11,13-18H2,1-8H3/t19-,20+,23-,24-,28+,29+,30-/m0/s1. The van der Waals surface area contributed by atoms with Gasteiger partial charge < -0.3 is 4.74 Å². The molecule has 0 aromatic heterocycles. The smallest absolute Gasteiger partial charge is 0.138 e. The number of carbonyl (C=O) groups is 1. The molecule has 0 aromatic rings. The van der Waals surface area contributed by atoms with Crippen molar-refractivity contribution in [2.24, 2.45) is 39.4 Å². The first kappa shape index (κ1) is 22.9. The van der Waals surface area contributed by atoms with Crippen molar-refractivity contribution in [1.29, 1.82) is 0 Å². The van der Waals surface area contributed by atoms with Crippen LogP contribution in [0.4, 0.5) is 0 Å². The molecule has 4 aliphatic carbocycles. The predicted molar refractivity (Wildman–Crippen MR) is 131 cm³/mol. The van der Waals surface area contributed by atoms with Crippen LogP contribution in [0.1, 0.15) is 107 Å². The summed E-state index contributed by atoms with van der Waals surface area (Å²) >= 11 is 0. The molecule has 5 rings (SSSR count). The van der Waals surface area contributed by atoms with Crippen molar-refractivity contribution in [1.82, 2.24) is 0 Å². The van der Waals surface area contributed by atoms with Crippen LogP contribution in [-0.2, 0) is 9.53 Å². The summed E-state index contributed by atoms with van der Waals surface area (Å²) in [6.07, 6.45) is 14.6. The Labute approximate surface area is 196 Å². The number of rotatable bonds is 2. The van der Waals surface area contributed by atoms with E-state index < -0.39 is 0 Å². The topological polar surface area (TPSA) is 26.3 Å². The first-order valence-corrected chi connectivity index (χ1v) is 13.4. The lowest BCUT2D eigenvalue weighted by Gasteiger charge is -2.59. The fourth-order valence-electron chi connectivity index (χ4n) is 9.34. The van der Waals surface area contributed by atoms with Crippen molar-refractivity contribution in [3.63, 3.8) is 0 Å². The van der Waals surface area contributed by atoms with Gasteiger partial charge in [-0.15, -0.1) is 0 Å². The number of carbonyl (C=O) groups excluding carboxylic acids is 1. The number of allylic oxidation sites excluding steroid dienone is 4. The lowest BCUT2D eigenvalue weighted by atomic mass is 9.44. The number of hydrogen-bond acceptors (Lipinski definition) is 2. The van der Waals surface area contributed by atoms with Gasteiger partial charge >= 0.3 is 0 Å². The minimum absolute atomic E-state index is 0.0437. The third kappa shape index (κ3) is 2.83. The number of ketones is 1. The Morgan fingerprint density at radius 2 is 1.66 bits per heavy atom. The van der Waals surface area contributed by atoms with Crippen LogP contribution in [-0.4, -0.2) is 17.5 Å². The number of Topliss-reactive ketones (excluding diaryl/α,β-unsaturated/α-hetero) is 1. The second kappa shape index (κ2) is 6.83. The summed E-state index contributed by atoms with van der Waals surface area (Å²) in [7, 11) is 0. The van der Waals surface area contributed by atoms with E-state index in [9.17, 15) is 4.79 Å². The van der Waals surface area contributed by atoms with Crippen molar-refractivity contribution in [2.75, 3.05) is 0 Å². The van der Waals surface area contributed by atoms with Gasteiger partial charge in [0.1, 0.15) is 5.78 Å². The van der Waals surface area contributed by atoms with Gasteiger partial charge in [-0.2, -0.15) is 0 Å². The average molecular weight is 439 g/mol. The second-order valence-electron chi connectivity index (χ2n) is 14.0. The quantitative estimate of drug-likeness (QED) is 0.442. The summed E-state index contributed by atoms with van der Waals surface area (Å²) in [4.78, 5) is 12.8. The zero-order chi connectivity index (χ0) is 23.3. The Hall–Kier alpha value is -0.890. The summed E-state index contributed by atoms with van der Waals surface area (Å²) in [5.41, 5.74) is 3.77. The molecule has 7 atom stereocenters. The van der Waals surface area contributed by atoms with Gasteiger partial charge in [-0.3, -0.25) is 4.79 Å². The van der Waals surface area contributed by atoms with Gasteiger partial charge in [-0.05, 0) is 104 Å². The maximum atomic E-state index is 12.8. The first-order chi connectivity index (χ1) is 14.8. The summed E-state index contributed by atoms with van der Waals surface area (Å²) in [5, 5.41) is 0. The normalized spacial score (nSPS) is 47.8. The van der Waals surface area contributed by atoms with Crippen molar-refractivity contribution < 1.29 is 9.53 Å². The van der Waals surface area contributed by atoms with Crippen molar-refractivity contribution in [3.8, 4) is 0 Å². The second-order valence-corrected chi connectivity index (χ2v) is 14.0. The minimum Gasteiger partial charge on any atom is -0.372 e. The molecule has 0 spiro atoms. The zero-order valence-corrected chi connectivity index (χ0v) is 21.9. The molecule has 0 N–H and O–H groups in total. The fraction of sp³-hybridized carbons (Fsp3) is 0.833. The largest absolute Gasteiger partial charge is 0.372 e. The molecular weight excluding hydrogens is 392 g/mol. The highest BCUT2D eigenvalue weighted by molar-refractivity contribution is 5.86. The van der Waals surface area contributed by atoms with Gasteiger partial charge in [-0.25, -0.2) is 0 Å². The number of ether oxygens (including phenoxy) is 1.